The molecule has 5 rings (SSSR count). The molecule has 0 aliphatic carbocycles. The molecule has 1 saturated heterocycles. The lowest BCUT2D eigenvalue weighted by Crippen LogP contribution is -2.50. The van der Waals surface area contributed by atoms with Crippen molar-refractivity contribution >= 4 is 40.3 Å². The SMILES string of the molecule is Cc1c[nH]c2ncc(-c3ccccc3)c(N3CCN(C(=O)[C@H](CC(C)CN(N)C(=O)OC(C)(C)C)c4ccc(Cl)cc4)CC3)c12. The Kier molecular flexibility index (Phi) is 9.70. The molecule has 238 valence electrons. The molecule has 1 unspecified atom stereocenters. The smallest absolute Gasteiger partial charge is 0.424 e. The molecular formula is C35H43ClN6O3. The molecule has 10 heteroatoms. The number of piperazine rings is 1. The Hall–Kier alpha value is -4.08. The maximum atomic E-state index is 14.2. The summed E-state index contributed by atoms with van der Waals surface area (Å²) in [6.45, 7) is 12.3. The minimum Gasteiger partial charge on any atom is -0.443 e. The molecule has 4 aromatic rings. The van der Waals surface area contributed by atoms with E-state index >= 15 is 0 Å². The number of hydrogen-bond acceptors (Lipinski definition) is 6. The highest BCUT2D eigenvalue weighted by Crippen LogP contribution is 2.39. The van der Waals surface area contributed by atoms with Gasteiger partial charge < -0.3 is 19.5 Å². The number of nitrogens with zero attached hydrogens (tertiary/aromatic N) is 4. The van der Waals surface area contributed by atoms with E-state index in [0.29, 0.717) is 37.6 Å². The summed E-state index contributed by atoms with van der Waals surface area (Å²) in [4.78, 5) is 39.1. The van der Waals surface area contributed by atoms with E-state index in [-0.39, 0.29) is 18.4 Å². The van der Waals surface area contributed by atoms with Crippen LogP contribution in [0.5, 0.6) is 0 Å². The van der Waals surface area contributed by atoms with Crippen LogP contribution in [-0.4, -0.2) is 70.2 Å². The number of hydrogen-bond donors (Lipinski definition) is 2. The molecule has 2 aromatic heterocycles. The molecule has 3 N–H and O–H groups in total. The quantitative estimate of drug-likeness (QED) is 0.127. The van der Waals surface area contributed by atoms with Gasteiger partial charge in [0.25, 0.3) is 0 Å². The zero-order valence-corrected chi connectivity index (χ0v) is 27.5. The number of nitrogens with two attached hydrogens (primary N) is 1. The fourth-order valence-corrected chi connectivity index (χ4v) is 6.17. The van der Waals surface area contributed by atoms with Gasteiger partial charge in [-0.3, -0.25) is 4.79 Å². The maximum absolute atomic E-state index is 14.2. The number of halogens is 1. The number of benzene rings is 2. The van der Waals surface area contributed by atoms with Gasteiger partial charge in [0.05, 0.1) is 11.6 Å². The van der Waals surface area contributed by atoms with Crippen molar-refractivity contribution in [2.45, 2.75) is 52.6 Å². The molecule has 3 heterocycles. The van der Waals surface area contributed by atoms with Crippen LogP contribution in [0.2, 0.25) is 5.02 Å². The Labute approximate surface area is 270 Å². The average molecular weight is 631 g/mol. The predicted molar refractivity (Wildman–Crippen MR) is 180 cm³/mol. The minimum atomic E-state index is -0.647. The van der Waals surface area contributed by atoms with Crippen LogP contribution in [0.1, 0.15) is 51.2 Å². The average Bonchev–Trinajstić information content (AvgIpc) is 3.39. The third kappa shape index (κ3) is 7.60. The first kappa shape index (κ1) is 32.3. The van der Waals surface area contributed by atoms with Gasteiger partial charge in [0, 0.05) is 61.1 Å². The number of carbonyl (C=O) groups excluding carboxylic acids is 2. The van der Waals surface area contributed by atoms with Gasteiger partial charge >= 0.3 is 6.09 Å². The van der Waals surface area contributed by atoms with E-state index in [1.165, 1.54) is 0 Å². The summed E-state index contributed by atoms with van der Waals surface area (Å²) in [5.41, 5.74) is 5.58. The third-order valence-electron chi connectivity index (χ3n) is 8.21. The maximum Gasteiger partial charge on any atom is 0.424 e. The molecule has 1 aliphatic rings. The highest BCUT2D eigenvalue weighted by molar-refractivity contribution is 6.30. The summed E-state index contributed by atoms with van der Waals surface area (Å²) in [7, 11) is 0. The Morgan fingerprint density at radius 1 is 1.07 bits per heavy atom. The lowest BCUT2D eigenvalue weighted by molar-refractivity contribution is -0.133. The number of anilines is 1. The van der Waals surface area contributed by atoms with Crippen molar-refractivity contribution in [2.24, 2.45) is 11.8 Å². The number of H-pyrrole nitrogens is 1. The number of ether oxygens (including phenoxy) is 1. The van der Waals surface area contributed by atoms with Crippen molar-refractivity contribution in [1.82, 2.24) is 19.9 Å². The number of carbonyl (C=O) groups is 2. The van der Waals surface area contributed by atoms with Crippen molar-refractivity contribution in [1.29, 1.82) is 0 Å². The Morgan fingerprint density at radius 3 is 2.38 bits per heavy atom. The third-order valence-corrected chi connectivity index (χ3v) is 8.46. The van der Waals surface area contributed by atoms with Crippen LogP contribution in [0.15, 0.2) is 67.0 Å². The summed E-state index contributed by atoms with van der Waals surface area (Å²) < 4.78 is 5.42. The van der Waals surface area contributed by atoms with Crippen molar-refractivity contribution in [3.8, 4) is 11.1 Å². The van der Waals surface area contributed by atoms with Crippen LogP contribution in [0.4, 0.5) is 10.5 Å². The van der Waals surface area contributed by atoms with Crippen molar-refractivity contribution in [2.75, 3.05) is 37.6 Å². The molecule has 2 aromatic carbocycles. The first-order valence-electron chi connectivity index (χ1n) is 15.5. The van der Waals surface area contributed by atoms with Gasteiger partial charge in [-0.05, 0) is 68.9 Å². The monoisotopic (exact) mass is 630 g/mol. The summed E-state index contributed by atoms with van der Waals surface area (Å²) >= 11 is 6.20. The molecule has 1 aliphatic heterocycles. The van der Waals surface area contributed by atoms with Crippen LogP contribution in [0, 0.1) is 12.8 Å². The number of amides is 2. The first-order chi connectivity index (χ1) is 21.4. The van der Waals surface area contributed by atoms with Gasteiger partial charge in [-0.2, -0.15) is 0 Å². The lowest BCUT2D eigenvalue weighted by Gasteiger charge is -2.39. The molecule has 0 spiro atoms. The molecule has 2 amide bonds. The summed E-state index contributed by atoms with van der Waals surface area (Å²) in [5.74, 6) is 5.67. The van der Waals surface area contributed by atoms with E-state index in [2.05, 4.69) is 28.9 Å². The summed E-state index contributed by atoms with van der Waals surface area (Å²) in [6, 6.07) is 17.8. The zero-order valence-electron chi connectivity index (χ0n) is 26.7. The molecule has 1 fully saturated rings. The van der Waals surface area contributed by atoms with Gasteiger partial charge in [0.2, 0.25) is 5.91 Å². The van der Waals surface area contributed by atoms with E-state index in [9.17, 15) is 9.59 Å². The fourth-order valence-electron chi connectivity index (χ4n) is 6.04. The molecule has 45 heavy (non-hydrogen) atoms. The Morgan fingerprint density at radius 2 is 1.73 bits per heavy atom. The van der Waals surface area contributed by atoms with Crippen LogP contribution < -0.4 is 10.7 Å². The fraction of sp³-hybridized carbons (Fsp3) is 0.400. The van der Waals surface area contributed by atoms with E-state index in [4.69, 9.17) is 27.2 Å². The predicted octanol–water partition coefficient (Wildman–Crippen LogP) is 6.76. The summed E-state index contributed by atoms with van der Waals surface area (Å²) in [6.07, 6.45) is 3.87. The largest absolute Gasteiger partial charge is 0.443 e. The second-order valence-electron chi connectivity index (χ2n) is 13.0. The number of fused-ring (bicyclic) bond motifs is 1. The van der Waals surface area contributed by atoms with Crippen molar-refractivity contribution in [3.05, 3.63) is 83.1 Å². The molecule has 9 nitrogen and oxygen atoms in total. The van der Waals surface area contributed by atoms with Crippen molar-refractivity contribution in [3.63, 3.8) is 0 Å². The van der Waals surface area contributed by atoms with E-state index in [1.807, 2.05) is 66.7 Å². The van der Waals surface area contributed by atoms with Crippen LogP contribution in [0.3, 0.4) is 0 Å². The van der Waals surface area contributed by atoms with Crippen molar-refractivity contribution < 1.29 is 14.3 Å². The number of aryl methyl sites for hydroxylation is 1. The van der Waals surface area contributed by atoms with Crippen LogP contribution in [0.25, 0.3) is 22.2 Å². The first-order valence-corrected chi connectivity index (χ1v) is 15.9. The Balaban J connectivity index is 1.34. The topological polar surface area (TPSA) is 108 Å². The molecule has 0 bridgehead atoms. The molecule has 0 saturated carbocycles. The van der Waals surface area contributed by atoms with Gasteiger partial charge in [0.1, 0.15) is 11.2 Å². The summed E-state index contributed by atoms with van der Waals surface area (Å²) in [5, 5.41) is 2.82. The molecular weight excluding hydrogens is 588 g/mol. The number of aromatic amines is 1. The van der Waals surface area contributed by atoms with Crippen LogP contribution in [-0.2, 0) is 9.53 Å². The lowest BCUT2D eigenvalue weighted by atomic mass is 9.88. The van der Waals surface area contributed by atoms with Crippen LogP contribution >= 0.6 is 11.6 Å². The zero-order chi connectivity index (χ0) is 32.3. The highest BCUT2D eigenvalue weighted by Gasteiger charge is 2.32. The van der Waals surface area contributed by atoms with E-state index < -0.39 is 17.6 Å². The number of pyridine rings is 1. The van der Waals surface area contributed by atoms with E-state index in [0.717, 1.165) is 44.0 Å². The number of aromatic nitrogens is 2. The normalized spacial score (nSPS) is 15.2. The second kappa shape index (κ2) is 13.5. The van der Waals surface area contributed by atoms with Gasteiger partial charge in [0.15, 0.2) is 0 Å². The highest BCUT2D eigenvalue weighted by atomic mass is 35.5. The number of hydrazine groups is 1. The van der Waals surface area contributed by atoms with Gasteiger partial charge in [-0.15, -0.1) is 0 Å². The molecule has 0 radical (unpaired) electrons. The standard InChI is InChI=1S/C35H43ClN6O3/c1-23(22-42(37)34(44)45-35(3,4)5)19-28(26-11-13-27(36)14-12-26)33(43)41-17-15-40(16-18-41)31-29(25-9-7-6-8-10-25)21-39-32-30(31)24(2)20-38-32/h6-14,20-21,23,28H,15-19,22,37H2,1-5H3,(H,38,39)/t23?,28-/m1/s1. The van der Waals surface area contributed by atoms with Gasteiger partial charge in [-0.25, -0.2) is 20.6 Å². The van der Waals surface area contributed by atoms with Gasteiger partial charge in [-0.1, -0.05) is 61.0 Å². The number of rotatable bonds is 8. The Bertz CT molecular complexity index is 1630. The number of nitrogens with one attached hydrogen (secondary N) is 1. The van der Waals surface area contributed by atoms with E-state index in [1.54, 1.807) is 20.8 Å². The second-order valence-corrected chi connectivity index (χ2v) is 13.4. The molecule has 2 atom stereocenters. The minimum absolute atomic E-state index is 0.0608.